The highest BCUT2D eigenvalue weighted by Gasteiger charge is 2.51. The highest BCUT2D eigenvalue weighted by atomic mass is 16.2. The number of amides is 2. The van der Waals surface area contributed by atoms with E-state index in [-0.39, 0.29) is 17.2 Å². The van der Waals surface area contributed by atoms with Crippen LogP contribution in [0.25, 0.3) is 0 Å². The zero-order valence-corrected chi connectivity index (χ0v) is 17.6. The number of carbonyl (C=O) groups excluding carboxylic acids is 2. The standard InChI is InChI=1S/C25H30N2O2/c1-24(2,3)19-9-11-20(12-10-19)25(13-14-25)23(29)26-21-7-4-6-18(16-21)17-27-15-5-8-22(27)28/h4,6-7,9-12,16H,5,8,13-15,17H2,1-3H3,(H,26,29). The molecule has 0 aromatic heterocycles. The van der Waals surface area contributed by atoms with E-state index in [0.29, 0.717) is 13.0 Å². The van der Waals surface area contributed by atoms with E-state index < -0.39 is 5.41 Å². The average Bonchev–Trinajstić information content (AvgIpc) is 3.40. The Hall–Kier alpha value is -2.62. The zero-order valence-electron chi connectivity index (χ0n) is 17.6. The first kappa shape index (κ1) is 19.7. The van der Waals surface area contributed by atoms with E-state index >= 15 is 0 Å². The minimum absolute atomic E-state index is 0.0652. The summed E-state index contributed by atoms with van der Waals surface area (Å²) in [6.07, 6.45) is 3.35. The number of rotatable bonds is 5. The Morgan fingerprint density at radius 2 is 1.83 bits per heavy atom. The molecule has 1 saturated carbocycles. The highest BCUT2D eigenvalue weighted by molar-refractivity contribution is 6.01. The molecule has 2 aliphatic rings. The minimum atomic E-state index is -0.405. The van der Waals surface area contributed by atoms with Gasteiger partial charge >= 0.3 is 0 Å². The maximum Gasteiger partial charge on any atom is 0.235 e. The van der Waals surface area contributed by atoms with Crippen molar-refractivity contribution in [1.29, 1.82) is 0 Å². The predicted molar refractivity (Wildman–Crippen MR) is 116 cm³/mol. The third-order valence-corrected chi connectivity index (χ3v) is 6.22. The van der Waals surface area contributed by atoms with Gasteiger partial charge in [0.2, 0.25) is 11.8 Å². The van der Waals surface area contributed by atoms with Gasteiger partial charge < -0.3 is 10.2 Å². The summed E-state index contributed by atoms with van der Waals surface area (Å²) in [7, 11) is 0. The van der Waals surface area contributed by atoms with Crippen LogP contribution < -0.4 is 5.32 Å². The van der Waals surface area contributed by atoms with E-state index in [1.54, 1.807) is 0 Å². The van der Waals surface area contributed by atoms with E-state index in [9.17, 15) is 9.59 Å². The highest BCUT2D eigenvalue weighted by Crippen LogP contribution is 2.49. The first-order valence-electron chi connectivity index (χ1n) is 10.6. The Morgan fingerprint density at radius 3 is 2.41 bits per heavy atom. The molecule has 2 fully saturated rings. The molecule has 152 valence electrons. The van der Waals surface area contributed by atoms with E-state index in [0.717, 1.165) is 42.6 Å². The number of nitrogens with zero attached hydrogens (tertiary/aromatic N) is 1. The fourth-order valence-electron chi connectivity index (χ4n) is 4.15. The summed E-state index contributed by atoms with van der Waals surface area (Å²) in [5.74, 6) is 0.283. The van der Waals surface area contributed by atoms with Crippen molar-refractivity contribution >= 4 is 17.5 Å². The Labute approximate surface area is 173 Å². The summed E-state index contributed by atoms with van der Waals surface area (Å²) >= 11 is 0. The Balaban J connectivity index is 1.46. The van der Waals surface area contributed by atoms with Crippen LogP contribution in [0.4, 0.5) is 5.69 Å². The fourth-order valence-corrected chi connectivity index (χ4v) is 4.15. The molecule has 0 spiro atoms. The van der Waals surface area contributed by atoms with Crippen LogP contribution >= 0.6 is 0 Å². The normalized spacial score (nSPS) is 18.0. The van der Waals surface area contributed by atoms with Crippen LogP contribution in [-0.2, 0) is 27.0 Å². The van der Waals surface area contributed by atoms with Gasteiger partial charge in [-0.2, -0.15) is 0 Å². The van der Waals surface area contributed by atoms with Crippen molar-refractivity contribution in [3.8, 4) is 0 Å². The van der Waals surface area contributed by atoms with Gasteiger partial charge in [0.25, 0.3) is 0 Å². The largest absolute Gasteiger partial charge is 0.338 e. The minimum Gasteiger partial charge on any atom is -0.338 e. The second kappa shape index (κ2) is 7.33. The van der Waals surface area contributed by atoms with Crippen molar-refractivity contribution in [2.24, 2.45) is 0 Å². The molecule has 2 amide bonds. The van der Waals surface area contributed by atoms with Gasteiger partial charge in [0.15, 0.2) is 0 Å². The Morgan fingerprint density at radius 1 is 1.10 bits per heavy atom. The van der Waals surface area contributed by atoms with Crippen LogP contribution in [0.1, 0.15) is 63.1 Å². The van der Waals surface area contributed by atoms with Crippen LogP contribution in [0.3, 0.4) is 0 Å². The van der Waals surface area contributed by atoms with Crippen LogP contribution in [0.5, 0.6) is 0 Å². The summed E-state index contributed by atoms with van der Waals surface area (Å²) in [5.41, 5.74) is 3.93. The van der Waals surface area contributed by atoms with Crippen molar-refractivity contribution in [3.05, 3.63) is 65.2 Å². The molecule has 2 aromatic rings. The molecule has 0 atom stereocenters. The van der Waals surface area contributed by atoms with E-state index in [1.807, 2.05) is 29.2 Å². The second-order valence-electron chi connectivity index (χ2n) is 9.48. The Kier molecular flexibility index (Phi) is 4.97. The van der Waals surface area contributed by atoms with Crippen molar-refractivity contribution in [1.82, 2.24) is 4.90 Å². The molecule has 0 unspecified atom stereocenters. The topological polar surface area (TPSA) is 49.4 Å². The van der Waals surface area contributed by atoms with Crippen molar-refractivity contribution in [2.75, 3.05) is 11.9 Å². The van der Waals surface area contributed by atoms with Crippen LogP contribution in [-0.4, -0.2) is 23.3 Å². The number of anilines is 1. The molecule has 4 heteroatoms. The van der Waals surface area contributed by atoms with E-state index in [4.69, 9.17) is 0 Å². The first-order chi connectivity index (χ1) is 13.8. The van der Waals surface area contributed by atoms with Gasteiger partial charge in [-0.25, -0.2) is 0 Å². The number of nitrogens with one attached hydrogen (secondary N) is 1. The van der Waals surface area contributed by atoms with Crippen molar-refractivity contribution in [3.63, 3.8) is 0 Å². The summed E-state index contributed by atoms with van der Waals surface area (Å²) in [5, 5.41) is 3.12. The summed E-state index contributed by atoms with van der Waals surface area (Å²) in [6, 6.07) is 16.4. The monoisotopic (exact) mass is 390 g/mol. The summed E-state index contributed by atoms with van der Waals surface area (Å²) in [6.45, 7) is 8.03. The lowest BCUT2D eigenvalue weighted by atomic mass is 9.85. The lowest BCUT2D eigenvalue weighted by Crippen LogP contribution is -2.28. The van der Waals surface area contributed by atoms with Gasteiger partial charge in [-0.15, -0.1) is 0 Å². The molecule has 4 nitrogen and oxygen atoms in total. The second-order valence-corrected chi connectivity index (χ2v) is 9.48. The smallest absolute Gasteiger partial charge is 0.235 e. The molecule has 1 saturated heterocycles. The molecule has 4 rings (SSSR count). The SMILES string of the molecule is CC(C)(C)c1ccc(C2(C(=O)Nc3cccc(CN4CCCC4=O)c3)CC2)cc1. The number of likely N-dealkylation sites (tertiary alicyclic amines) is 1. The Bertz CT molecular complexity index is 921. The molecule has 1 aliphatic carbocycles. The fraction of sp³-hybridized carbons (Fsp3) is 0.440. The van der Waals surface area contributed by atoms with E-state index in [1.165, 1.54) is 5.56 Å². The summed E-state index contributed by atoms with van der Waals surface area (Å²) < 4.78 is 0. The quantitative estimate of drug-likeness (QED) is 0.799. The maximum absolute atomic E-state index is 13.1. The van der Waals surface area contributed by atoms with Gasteiger partial charge in [0, 0.05) is 25.2 Å². The lowest BCUT2D eigenvalue weighted by molar-refractivity contribution is -0.128. The molecular formula is C25H30N2O2. The average molecular weight is 391 g/mol. The van der Waals surface area contributed by atoms with Gasteiger partial charge in [-0.05, 0) is 53.5 Å². The van der Waals surface area contributed by atoms with Crippen LogP contribution in [0.15, 0.2) is 48.5 Å². The molecule has 2 aromatic carbocycles. The van der Waals surface area contributed by atoms with E-state index in [2.05, 4.69) is 50.4 Å². The first-order valence-corrected chi connectivity index (χ1v) is 10.6. The predicted octanol–water partition coefficient (Wildman–Crippen LogP) is 4.78. The lowest BCUT2D eigenvalue weighted by Gasteiger charge is -2.21. The summed E-state index contributed by atoms with van der Waals surface area (Å²) in [4.78, 5) is 26.9. The number of hydrogen-bond donors (Lipinski definition) is 1. The van der Waals surface area contributed by atoms with Crippen molar-refractivity contribution < 1.29 is 9.59 Å². The van der Waals surface area contributed by atoms with Gasteiger partial charge in [-0.3, -0.25) is 9.59 Å². The molecule has 29 heavy (non-hydrogen) atoms. The third kappa shape index (κ3) is 4.07. The van der Waals surface area contributed by atoms with Gasteiger partial charge in [-0.1, -0.05) is 57.2 Å². The molecule has 0 bridgehead atoms. The molecule has 1 heterocycles. The van der Waals surface area contributed by atoms with Gasteiger partial charge in [0.05, 0.1) is 5.41 Å². The van der Waals surface area contributed by atoms with Crippen LogP contribution in [0.2, 0.25) is 0 Å². The zero-order chi connectivity index (χ0) is 20.6. The van der Waals surface area contributed by atoms with Gasteiger partial charge in [0.1, 0.15) is 0 Å². The van der Waals surface area contributed by atoms with Crippen LogP contribution in [0, 0.1) is 0 Å². The molecular weight excluding hydrogens is 360 g/mol. The molecule has 1 N–H and O–H groups in total. The molecule has 0 radical (unpaired) electrons. The maximum atomic E-state index is 13.1. The van der Waals surface area contributed by atoms with Crippen molar-refractivity contribution in [2.45, 2.75) is 63.8 Å². The number of carbonyl (C=O) groups is 2. The number of benzene rings is 2. The third-order valence-electron chi connectivity index (χ3n) is 6.22. The number of hydrogen-bond acceptors (Lipinski definition) is 2. The molecule has 1 aliphatic heterocycles.